The number of rotatable bonds is 2. The van der Waals surface area contributed by atoms with Gasteiger partial charge in [-0.05, 0) is 61.5 Å². The van der Waals surface area contributed by atoms with Crippen molar-refractivity contribution in [3.8, 4) is 17.1 Å². The van der Waals surface area contributed by atoms with Crippen LogP contribution in [-0.2, 0) is 5.41 Å². The van der Waals surface area contributed by atoms with Gasteiger partial charge in [-0.3, -0.25) is 4.57 Å². The summed E-state index contributed by atoms with van der Waals surface area (Å²) >= 11 is 0. The minimum absolute atomic E-state index is 0.0765. The maximum atomic E-state index is 5.57. The summed E-state index contributed by atoms with van der Waals surface area (Å²) in [6.07, 6.45) is 0. The van der Waals surface area contributed by atoms with E-state index in [9.17, 15) is 0 Å². The SMILES string of the molecule is CC(C)(C)c1ccc(-n2c(-c3c4ccccc4cc4ccccc34)nc3c4ccccc4c4ccccc4c32)cc1. The highest BCUT2D eigenvalue weighted by Gasteiger charge is 2.23. The summed E-state index contributed by atoms with van der Waals surface area (Å²) < 4.78 is 2.41. The molecule has 2 heteroatoms. The molecular weight excluding hydrogens is 496 g/mol. The Morgan fingerprint density at radius 3 is 1.59 bits per heavy atom. The molecule has 196 valence electrons. The summed E-state index contributed by atoms with van der Waals surface area (Å²) in [4.78, 5) is 5.57. The molecule has 1 aromatic heterocycles. The van der Waals surface area contributed by atoms with Crippen LogP contribution in [-0.4, -0.2) is 9.55 Å². The number of benzene rings is 7. The topological polar surface area (TPSA) is 17.8 Å². The molecule has 41 heavy (non-hydrogen) atoms. The number of nitrogens with zero attached hydrogens (tertiary/aromatic N) is 2. The molecule has 7 aromatic carbocycles. The van der Waals surface area contributed by atoms with Gasteiger partial charge in [0, 0.05) is 22.0 Å². The second-order valence-electron chi connectivity index (χ2n) is 12.0. The molecule has 0 saturated carbocycles. The molecule has 0 bridgehead atoms. The lowest BCUT2D eigenvalue weighted by Crippen LogP contribution is -2.11. The van der Waals surface area contributed by atoms with Gasteiger partial charge in [0.15, 0.2) is 0 Å². The minimum atomic E-state index is 0.0765. The van der Waals surface area contributed by atoms with Crippen LogP contribution in [0.2, 0.25) is 0 Å². The van der Waals surface area contributed by atoms with Gasteiger partial charge in [-0.1, -0.05) is 130 Å². The van der Waals surface area contributed by atoms with Gasteiger partial charge in [-0.15, -0.1) is 0 Å². The minimum Gasteiger partial charge on any atom is -0.292 e. The molecule has 1 heterocycles. The van der Waals surface area contributed by atoms with Gasteiger partial charge < -0.3 is 0 Å². The van der Waals surface area contributed by atoms with Crippen molar-refractivity contribution in [2.45, 2.75) is 26.2 Å². The Bertz CT molecular complexity index is 2230. The summed E-state index contributed by atoms with van der Waals surface area (Å²) in [6.45, 7) is 6.80. The molecule has 0 aliphatic rings. The Kier molecular flexibility index (Phi) is 5.11. The third kappa shape index (κ3) is 3.61. The Morgan fingerprint density at radius 2 is 1.00 bits per heavy atom. The first-order valence-corrected chi connectivity index (χ1v) is 14.3. The zero-order valence-electron chi connectivity index (χ0n) is 23.5. The van der Waals surface area contributed by atoms with Crippen molar-refractivity contribution < 1.29 is 0 Å². The number of aromatic nitrogens is 2. The fourth-order valence-electron chi connectivity index (χ4n) is 6.49. The predicted molar refractivity (Wildman–Crippen MR) is 175 cm³/mol. The molecule has 0 atom stereocenters. The summed E-state index contributed by atoms with van der Waals surface area (Å²) in [6, 6.07) is 46.2. The standard InChI is InChI=1S/C39H30N2/c1-39(2,3)27-20-22-28(23-21-27)41-37-34-19-11-9-17-32(34)31-16-8-10-18-33(31)36(37)40-38(41)35-29-14-6-4-12-25(29)24-26-13-5-7-15-30(26)35/h4-24H,1-3H3. The highest BCUT2D eigenvalue weighted by molar-refractivity contribution is 6.25. The van der Waals surface area contributed by atoms with Crippen molar-refractivity contribution in [3.63, 3.8) is 0 Å². The van der Waals surface area contributed by atoms with E-state index >= 15 is 0 Å². The fraction of sp³-hybridized carbons (Fsp3) is 0.103. The van der Waals surface area contributed by atoms with E-state index in [0.29, 0.717) is 0 Å². The highest BCUT2D eigenvalue weighted by Crippen LogP contribution is 2.43. The van der Waals surface area contributed by atoms with E-state index in [-0.39, 0.29) is 5.41 Å². The monoisotopic (exact) mass is 526 g/mol. The largest absolute Gasteiger partial charge is 0.292 e. The molecule has 0 aliphatic carbocycles. The lowest BCUT2D eigenvalue weighted by atomic mass is 9.87. The van der Waals surface area contributed by atoms with Crippen LogP contribution in [0.15, 0.2) is 127 Å². The molecule has 2 nitrogen and oxygen atoms in total. The normalized spacial score (nSPS) is 12.3. The van der Waals surface area contributed by atoms with E-state index in [1.807, 2.05) is 0 Å². The van der Waals surface area contributed by atoms with Gasteiger partial charge in [0.05, 0.1) is 11.0 Å². The number of hydrogen-bond donors (Lipinski definition) is 0. The molecule has 8 rings (SSSR count). The Hall–Kier alpha value is -4.95. The highest BCUT2D eigenvalue weighted by atomic mass is 15.1. The van der Waals surface area contributed by atoms with Gasteiger partial charge in [-0.2, -0.15) is 0 Å². The van der Waals surface area contributed by atoms with Crippen LogP contribution >= 0.6 is 0 Å². The van der Waals surface area contributed by atoms with E-state index < -0.39 is 0 Å². The van der Waals surface area contributed by atoms with Crippen LogP contribution in [0.1, 0.15) is 26.3 Å². The van der Waals surface area contributed by atoms with E-state index in [2.05, 4.69) is 153 Å². The van der Waals surface area contributed by atoms with Crippen molar-refractivity contribution in [2.24, 2.45) is 0 Å². The van der Waals surface area contributed by atoms with Crippen LogP contribution < -0.4 is 0 Å². The van der Waals surface area contributed by atoms with Crippen LogP contribution in [0, 0.1) is 0 Å². The molecule has 0 radical (unpaired) electrons. The Balaban J connectivity index is 1.61. The van der Waals surface area contributed by atoms with Crippen LogP contribution in [0.25, 0.3) is 71.2 Å². The smallest absolute Gasteiger partial charge is 0.147 e. The quantitative estimate of drug-likeness (QED) is 0.162. The summed E-state index contributed by atoms with van der Waals surface area (Å²) in [5.41, 5.74) is 5.86. The van der Waals surface area contributed by atoms with Crippen molar-refractivity contribution in [3.05, 3.63) is 133 Å². The van der Waals surface area contributed by atoms with Gasteiger partial charge in [0.1, 0.15) is 5.82 Å². The van der Waals surface area contributed by atoms with E-state index in [4.69, 9.17) is 4.98 Å². The molecule has 0 saturated heterocycles. The molecule has 0 spiro atoms. The molecule has 0 amide bonds. The number of fused-ring (bicyclic) bond motifs is 8. The lowest BCUT2D eigenvalue weighted by Gasteiger charge is -2.20. The van der Waals surface area contributed by atoms with Crippen LogP contribution in [0.5, 0.6) is 0 Å². The first-order chi connectivity index (χ1) is 20.0. The summed E-state index contributed by atoms with van der Waals surface area (Å²) in [5, 5.41) is 9.73. The third-order valence-electron chi connectivity index (χ3n) is 8.52. The summed E-state index contributed by atoms with van der Waals surface area (Å²) in [7, 11) is 0. The van der Waals surface area contributed by atoms with Crippen LogP contribution in [0.3, 0.4) is 0 Å². The number of imidazole rings is 1. The maximum absolute atomic E-state index is 5.57. The van der Waals surface area contributed by atoms with Crippen molar-refractivity contribution in [1.82, 2.24) is 9.55 Å². The molecule has 0 fully saturated rings. The van der Waals surface area contributed by atoms with Crippen molar-refractivity contribution >= 4 is 54.1 Å². The van der Waals surface area contributed by atoms with E-state index in [0.717, 1.165) is 22.5 Å². The second kappa shape index (κ2) is 8.78. The van der Waals surface area contributed by atoms with E-state index in [1.54, 1.807) is 0 Å². The third-order valence-corrected chi connectivity index (χ3v) is 8.52. The Labute approximate surface area is 239 Å². The fourth-order valence-corrected chi connectivity index (χ4v) is 6.49. The molecule has 0 aliphatic heterocycles. The van der Waals surface area contributed by atoms with Gasteiger partial charge in [0.2, 0.25) is 0 Å². The lowest BCUT2D eigenvalue weighted by molar-refractivity contribution is 0.590. The first-order valence-electron chi connectivity index (χ1n) is 14.3. The van der Waals surface area contributed by atoms with Crippen LogP contribution in [0.4, 0.5) is 0 Å². The Morgan fingerprint density at radius 1 is 0.512 bits per heavy atom. The average Bonchev–Trinajstić information content (AvgIpc) is 3.40. The molecule has 0 N–H and O–H groups in total. The second-order valence-corrected chi connectivity index (χ2v) is 12.0. The van der Waals surface area contributed by atoms with Gasteiger partial charge in [-0.25, -0.2) is 4.98 Å². The first kappa shape index (κ1) is 23.9. The van der Waals surface area contributed by atoms with Gasteiger partial charge >= 0.3 is 0 Å². The maximum Gasteiger partial charge on any atom is 0.147 e. The zero-order chi connectivity index (χ0) is 27.7. The molecular formula is C39H30N2. The zero-order valence-corrected chi connectivity index (χ0v) is 23.5. The summed E-state index contributed by atoms with van der Waals surface area (Å²) in [5.74, 6) is 0.970. The van der Waals surface area contributed by atoms with Crippen molar-refractivity contribution in [1.29, 1.82) is 0 Å². The number of hydrogen-bond acceptors (Lipinski definition) is 1. The molecule has 8 aromatic rings. The van der Waals surface area contributed by atoms with Gasteiger partial charge in [0.25, 0.3) is 0 Å². The predicted octanol–water partition coefficient (Wildman–Crippen LogP) is 10.6. The average molecular weight is 527 g/mol. The molecule has 0 unspecified atom stereocenters. The van der Waals surface area contributed by atoms with Crippen molar-refractivity contribution in [2.75, 3.05) is 0 Å². The van der Waals surface area contributed by atoms with E-state index in [1.165, 1.54) is 54.2 Å².